The van der Waals surface area contributed by atoms with Crippen LogP contribution in [0.4, 0.5) is 5.82 Å². The molecule has 0 spiro atoms. The lowest BCUT2D eigenvalue weighted by molar-refractivity contribution is 0.432. The van der Waals surface area contributed by atoms with E-state index in [1.54, 1.807) is 6.20 Å². The van der Waals surface area contributed by atoms with E-state index in [4.69, 9.17) is 10.3 Å². The maximum atomic E-state index is 5.97. The molecule has 1 aromatic carbocycles. The average Bonchev–Trinajstić information content (AvgIpc) is 3.25. The van der Waals surface area contributed by atoms with Crippen LogP contribution in [0.1, 0.15) is 6.42 Å². The van der Waals surface area contributed by atoms with Gasteiger partial charge in [0.2, 0.25) is 5.82 Å². The smallest absolute Gasteiger partial charge is 0.258 e. The number of benzene rings is 1. The maximum Gasteiger partial charge on any atom is 0.258 e. The minimum Gasteiger partial charge on any atom is -0.355 e. The quantitative estimate of drug-likeness (QED) is 0.800. The van der Waals surface area contributed by atoms with Crippen molar-refractivity contribution in [3.63, 3.8) is 0 Å². The van der Waals surface area contributed by atoms with Gasteiger partial charge >= 0.3 is 0 Å². The van der Waals surface area contributed by atoms with Crippen molar-refractivity contribution in [2.45, 2.75) is 12.5 Å². The zero-order valence-corrected chi connectivity index (χ0v) is 12.6. The lowest BCUT2D eigenvalue weighted by Crippen LogP contribution is -2.26. The van der Waals surface area contributed by atoms with E-state index in [0.29, 0.717) is 11.7 Å². The fourth-order valence-electron chi connectivity index (χ4n) is 2.76. The largest absolute Gasteiger partial charge is 0.355 e. The van der Waals surface area contributed by atoms with Gasteiger partial charge in [0.15, 0.2) is 0 Å². The summed E-state index contributed by atoms with van der Waals surface area (Å²) >= 11 is 0. The Morgan fingerprint density at radius 2 is 2.00 bits per heavy atom. The van der Waals surface area contributed by atoms with Gasteiger partial charge in [-0.2, -0.15) is 4.98 Å². The lowest BCUT2D eigenvalue weighted by atomic mass is 10.2. The van der Waals surface area contributed by atoms with Crippen LogP contribution in [0.3, 0.4) is 0 Å². The molecule has 1 aliphatic rings. The highest BCUT2D eigenvalue weighted by Crippen LogP contribution is 2.25. The summed E-state index contributed by atoms with van der Waals surface area (Å²) in [5.41, 5.74) is 7.77. The summed E-state index contributed by atoms with van der Waals surface area (Å²) in [7, 11) is 0. The number of aromatic nitrogens is 3. The van der Waals surface area contributed by atoms with Crippen LogP contribution < -0.4 is 10.6 Å². The summed E-state index contributed by atoms with van der Waals surface area (Å²) < 4.78 is 5.41. The Hall–Kier alpha value is -2.73. The summed E-state index contributed by atoms with van der Waals surface area (Å²) in [4.78, 5) is 11.1. The van der Waals surface area contributed by atoms with Crippen molar-refractivity contribution >= 4 is 5.82 Å². The molecule has 6 nitrogen and oxygen atoms in total. The van der Waals surface area contributed by atoms with E-state index < -0.39 is 0 Å². The second kappa shape index (κ2) is 5.81. The molecule has 1 unspecified atom stereocenters. The Labute approximate surface area is 134 Å². The van der Waals surface area contributed by atoms with Gasteiger partial charge in [0.25, 0.3) is 5.89 Å². The van der Waals surface area contributed by atoms with Crippen molar-refractivity contribution in [1.82, 2.24) is 15.1 Å². The molecule has 2 N–H and O–H groups in total. The number of nitrogens with zero attached hydrogens (tertiary/aromatic N) is 4. The zero-order chi connectivity index (χ0) is 15.6. The third kappa shape index (κ3) is 2.80. The Morgan fingerprint density at radius 1 is 1.13 bits per heavy atom. The lowest BCUT2D eigenvalue weighted by Gasteiger charge is -2.16. The van der Waals surface area contributed by atoms with E-state index in [1.165, 1.54) is 0 Å². The minimum atomic E-state index is 0.216. The van der Waals surface area contributed by atoms with Gasteiger partial charge in [0.1, 0.15) is 5.82 Å². The number of nitrogens with two attached hydrogens (primary N) is 1. The molecule has 23 heavy (non-hydrogen) atoms. The fourth-order valence-corrected chi connectivity index (χ4v) is 2.76. The Balaban J connectivity index is 1.62. The highest BCUT2D eigenvalue weighted by Gasteiger charge is 2.21. The molecule has 1 atom stereocenters. The number of hydrogen-bond acceptors (Lipinski definition) is 6. The average molecular weight is 307 g/mol. The second-order valence-electron chi connectivity index (χ2n) is 5.69. The number of rotatable bonds is 3. The summed E-state index contributed by atoms with van der Waals surface area (Å²) in [6, 6.07) is 13.8. The third-order valence-electron chi connectivity index (χ3n) is 4.00. The van der Waals surface area contributed by atoms with E-state index in [-0.39, 0.29) is 6.04 Å². The minimum absolute atomic E-state index is 0.216. The van der Waals surface area contributed by atoms with Crippen LogP contribution in [0.15, 0.2) is 53.2 Å². The molecular weight excluding hydrogens is 290 g/mol. The molecule has 0 amide bonds. The topological polar surface area (TPSA) is 81.1 Å². The number of anilines is 1. The Bertz CT molecular complexity index is 802. The van der Waals surface area contributed by atoms with Crippen molar-refractivity contribution in [2.75, 3.05) is 18.0 Å². The highest BCUT2D eigenvalue weighted by atomic mass is 16.5. The molecule has 0 aliphatic carbocycles. The predicted molar refractivity (Wildman–Crippen MR) is 87.8 cm³/mol. The summed E-state index contributed by atoms with van der Waals surface area (Å²) in [5, 5.41) is 4.06. The molecule has 4 rings (SSSR count). The Morgan fingerprint density at radius 3 is 2.78 bits per heavy atom. The number of hydrogen-bond donors (Lipinski definition) is 1. The first-order chi connectivity index (χ1) is 11.3. The molecule has 0 saturated carbocycles. The van der Waals surface area contributed by atoms with E-state index in [0.717, 1.165) is 36.5 Å². The van der Waals surface area contributed by atoms with Crippen LogP contribution in [-0.2, 0) is 0 Å². The Kier molecular flexibility index (Phi) is 3.51. The predicted octanol–water partition coefficient (Wildman–Crippen LogP) is 2.34. The van der Waals surface area contributed by atoms with E-state index in [2.05, 4.69) is 20.0 Å². The molecule has 2 aromatic heterocycles. The van der Waals surface area contributed by atoms with E-state index >= 15 is 0 Å². The van der Waals surface area contributed by atoms with Crippen molar-refractivity contribution in [3.05, 3.63) is 48.7 Å². The maximum absolute atomic E-state index is 5.97. The first-order valence-corrected chi connectivity index (χ1v) is 7.66. The van der Waals surface area contributed by atoms with E-state index in [9.17, 15) is 0 Å². The van der Waals surface area contributed by atoms with Gasteiger partial charge in [-0.1, -0.05) is 35.5 Å². The summed E-state index contributed by atoms with van der Waals surface area (Å²) in [6.45, 7) is 1.76. The SMILES string of the molecule is NC1CCN(c2cc(-c3nc(-c4ccccc4)no3)ccn2)C1. The van der Waals surface area contributed by atoms with Crippen LogP contribution in [0.2, 0.25) is 0 Å². The fraction of sp³-hybridized carbons (Fsp3) is 0.235. The van der Waals surface area contributed by atoms with Gasteiger partial charge in [-0.05, 0) is 18.6 Å². The number of pyridine rings is 1. The van der Waals surface area contributed by atoms with Gasteiger partial charge < -0.3 is 15.2 Å². The van der Waals surface area contributed by atoms with Crippen molar-refractivity contribution in [3.8, 4) is 22.8 Å². The molecule has 6 heteroatoms. The molecule has 1 fully saturated rings. The molecular formula is C17H17N5O. The van der Waals surface area contributed by atoms with Gasteiger partial charge in [0, 0.05) is 36.5 Å². The molecule has 116 valence electrons. The van der Waals surface area contributed by atoms with Crippen LogP contribution in [-0.4, -0.2) is 34.3 Å². The van der Waals surface area contributed by atoms with Gasteiger partial charge in [-0.3, -0.25) is 0 Å². The second-order valence-corrected chi connectivity index (χ2v) is 5.69. The van der Waals surface area contributed by atoms with Crippen LogP contribution in [0.25, 0.3) is 22.8 Å². The zero-order valence-electron chi connectivity index (χ0n) is 12.6. The van der Waals surface area contributed by atoms with Gasteiger partial charge in [-0.15, -0.1) is 0 Å². The molecule has 3 heterocycles. The van der Waals surface area contributed by atoms with Crippen molar-refractivity contribution in [2.24, 2.45) is 5.73 Å². The van der Waals surface area contributed by atoms with Gasteiger partial charge in [-0.25, -0.2) is 4.98 Å². The highest BCUT2D eigenvalue weighted by molar-refractivity contribution is 5.62. The van der Waals surface area contributed by atoms with E-state index in [1.807, 2.05) is 42.5 Å². The molecule has 0 radical (unpaired) electrons. The summed E-state index contributed by atoms with van der Waals surface area (Å²) in [5.74, 6) is 1.98. The molecule has 1 saturated heterocycles. The van der Waals surface area contributed by atoms with Crippen LogP contribution in [0.5, 0.6) is 0 Å². The van der Waals surface area contributed by atoms with Crippen LogP contribution in [0, 0.1) is 0 Å². The van der Waals surface area contributed by atoms with Crippen molar-refractivity contribution < 1.29 is 4.52 Å². The molecule has 1 aliphatic heterocycles. The monoisotopic (exact) mass is 307 g/mol. The third-order valence-corrected chi connectivity index (χ3v) is 4.00. The first kappa shape index (κ1) is 13.9. The first-order valence-electron chi connectivity index (χ1n) is 7.66. The standard InChI is InChI=1S/C17H17N5O/c18-14-7-9-22(11-14)15-10-13(6-8-19-15)17-20-16(21-23-17)12-4-2-1-3-5-12/h1-6,8,10,14H,7,9,11,18H2. The molecule has 0 bridgehead atoms. The summed E-state index contributed by atoms with van der Waals surface area (Å²) in [6.07, 6.45) is 2.76. The van der Waals surface area contributed by atoms with Gasteiger partial charge in [0.05, 0.1) is 0 Å². The van der Waals surface area contributed by atoms with Crippen molar-refractivity contribution in [1.29, 1.82) is 0 Å². The molecule has 3 aromatic rings. The normalized spacial score (nSPS) is 17.6. The van der Waals surface area contributed by atoms with Crippen LogP contribution >= 0.6 is 0 Å².